The van der Waals surface area contributed by atoms with E-state index in [-0.39, 0.29) is 0 Å². The Morgan fingerprint density at radius 3 is 3.33 bits per heavy atom. The van der Waals surface area contributed by atoms with Crippen LogP contribution in [0.25, 0.3) is 0 Å². The normalized spacial score (nSPS) is 43.9. The smallest absolute Gasteiger partial charge is 0.306 e. The summed E-state index contributed by atoms with van der Waals surface area (Å²) >= 11 is 0. The summed E-state index contributed by atoms with van der Waals surface area (Å²) < 4.78 is 19.2. The van der Waals surface area contributed by atoms with Crippen molar-refractivity contribution in [1.82, 2.24) is 9.76 Å². The molecule has 2 rings (SSSR count). The first-order chi connectivity index (χ1) is 5.71. The van der Waals surface area contributed by atoms with Crippen LogP contribution in [-0.2, 0) is 9.09 Å². The lowest BCUT2D eigenvalue weighted by molar-refractivity contribution is 0.171. The van der Waals surface area contributed by atoms with Gasteiger partial charge in [-0.25, -0.2) is 9.76 Å². The average Bonchev–Trinajstić information content (AvgIpc) is 2.06. The van der Waals surface area contributed by atoms with Crippen LogP contribution < -0.4 is 5.09 Å². The highest BCUT2D eigenvalue weighted by atomic mass is 31.2. The van der Waals surface area contributed by atoms with Crippen LogP contribution in [0.1, 0.15) is 13.3 Å². The molecule has 5 heteroatoms. The quantitative estimate of drug-likeness (QED) is 0.580. The van der Waals surface area contributed by atoms with E-state index in [0.29, 0.717) is 12.5 Å². The minimum atomic E-state index is -2.57. The molecule has 4 nitrogen and oxygen atoms in total. The minimum Gasteiger partial charge on any atom is -0.306 e. The molecule has 70 valence electrons. The second-order valence-electron chi connectivity index (χ2n) is 3.59. The van der Waals surface area contributed by atoms with Crippen molar-refractivity contribution in [1.29, 1.82) is 0 Å². The topological polar surface area (TPSA) is 41.6 Å². The summed E-state index contributed by atoms with van der Waals surface area (Å²) in [6.07, 6.45) is 0.998. The van der Waals surface area contributed by atoms with Crippen molar-refractivity contribution in [3.05, 3.63) is 0 Å². The molecule has 0 bridgehead atoms. The lowest BCUT2D eigenvalue weighted by atomic mass is 10.2. The van der Waals surface area contributed by atoms with Crippen LogP contribution in [0.5, 0.6) is 0 Å². The first-order valence-corrected chi connectivity index (χ1v) is 6.03. The van der Waals surface area contributed by atoms with Gasteiger partial charge in [0.15, 0.2) is 0 Å². The van der Waals surface area contributed by atoms with Crippen LogP contribution in [-0.4, -0.2) is 30.9 Å². The maximum absolute atomic E-state index is 12.0. The predicted octanol–water partition coefficient (Wildman–Crippen LogP) is 1.06. The average molecular weight is 190 g/mol. The Balaban J connectivity index is 2.11. The molecule has 2 unspecified atom stereocenters. The van der Waals surface area contributed by atoms with Crippen molar-refractivity contribution in [3.8, 4) is 0 Å². The van der Waals surface area contributed by atoms with E-state index in [1.54, 1.807) is 0 Å². The Kier molecular flexibility index (Phi) is 2.25. The van der Waals surface area contributed by atoms with Crippen LogP contribution in [0.15, 0.2) is 0 Å². The van der Waals surface area contributed by atoms with Crippen LogP contribution >= 0.6 is 7.67 Å². The van der Waals surface area contributed by atoms with Gasteiger partial charge in [0.05, 0.1) is 6.61 Å². The zero-order chi connectivity index (χ0) is 8.60. The summed E-state index contributed by atoms with van der Waals surface area (Å²) in [5.41, 5.74) is 0. The molecule has 0 amide bonds. The summed E-state index contributed by atoms with van der Waals surface area (Å²) in [6, 6.07) is 0. The fourth-order valence-electron chi connectivity index (χ4n) is 1.69. The predicted molar refractivity (Wildman–Crippen MR) is 46.9 cm³/mol. The molecule has 0 aromatic carbocycles. The number of rotatable bonds is 0. The zero-order valence-corrected chi connectivity index (χ0v) is 8.22. The Labute approximate surface area is 72.8 Å². The molecule has 0 saturated carbocycles. The number of nitrogens with one attached hydrogen (secondary N) is 1. The molecule has 0 aromatic heterocycles. The molecule has 2 heterocycles. The second-order valence-corrected chi connectivity index (χ2v) is 5.77. The van der Waals surface area contributed by atoms with Crippen LogP contribution in [0.2, 0.25) is 0 Å². The minimum absolute atomic E-state index is 0.578. The molecule has 0 spiro atoms. The van der Waals surface area contributed by atoms with Crippen molar-refractivity contribution in [2.45, 2.75) is 13.3 Å². The highest BCUT2D eigenvalue weighted by molar-refractivity contribution is 7.54. The lowest BCUT2D eigenvalue weighted by Gasteiger charge is -2.40. The van der Waals surface area contributed by atoms with Crippen molar-refractivity contribution in [2.75, 3.05) is 26.2 Å². The van der Waals surface area contributed by atoms with Gasteiger partial charge in [0.2, 0.25) is 0 Å². The first kappa shape index (κ1) is 8.70. The Hall–Kier alpha value is 0.110. The third-order valence-corrected chi connectivity index (χ3v) is 4.58. The third-order valence-electron chi connectivity index (χ3n) is 2.36. The van der Waals surface area contributed by atoms with Gasteiger partial charge in [-0.1, -0.05) is 6.92 Å². The molecule has 0 radical (unpaired) electrons. The highest BCUT2D eigenvalue weighted by Crippen LogP contribution is 2.51. The van der Waals surface area contributed by atoms with Gasteiger partial charge in [0.1, 0.15) is 0 Å². The van der Waals surface area contributed by atoms with E-state index in [9.17, 15) is 4.57 Å². The molecule has 0 aromatic rings. The summed E-state index contributed by atoms with van der Waals surface area (Å²) in [6.45, 7) is 5.42. The Morgan fingerprint density at radius 1 is 1.67 bits per heavy atom. The fourth-order valence-corrected chi connectivity index (χ4v) is 3.96. The first-order valence-electron chi connectivity index (χ1n) is 4.46. The van der Waals surface area contributed by atoms with Crippen molar-refractivity contribution < 1.29 is 9.09 Å². The van der Waals surface area contributed by atoms with Gasteiger partial charge >= 0.3 is 7.67 Å². The molecule has 2 saturated heterocycles. The van der Waals surface area contributed by atoms with Crippen molar-refractivity contribution in [2.24, 2.45) is 5.92 Å². The van der Waals surface area contributed by atoms with Crippen molar-refractivity contribution >= 4 is 7.67 Å². The van der Waals surface area contributed by atoms with Crippen molar-refractivity contribution in [3.63, 3.8) is 0 Å². The van der Waals surface area contributed by atoms with E-state index in [1.807, 2.05) is 4.67 Å². The SMILES string of the molecule is CC1CNP2(=O)OCCCN2C1. The third kappa shape index (κ3) is 1.44. The molecular weight excluding hydrogens is 175 g/mol. The van der Waals surface area contributed by atoms with Gasteiger partial charge in [0, 0.05) is 19.6 Å². The van der Waals surface area contributed by atoms with Gasteiger partial charge in [0.25, 0.3) is 0 Å². The summed E-state index contributed by atoms with van der Waals surface area (Å²) in [7, 11) is -2.57. The van der Waals surface area contributed by atoms with Gasteiger partial charge in [-0.05, 0) is 12.3 Å². The monoisotopic (exact) mass is 190 g/mol. The van der Waals surface area contributed by atoms with E-state index < -0.39 is 7.67 Å². The molecule has 1 N–H and O–H groups in total. The zero-order valence-electron chi connectivity index (χ0n) is 7.32. The molecule has 2 atom stereocenters. The van der Waals surface area contributed by atoms with Gasteiger partial charge in [-0.3, -0.25) is 4.57 Å². The van der Waals surface area contributed by atoms with Gasteiger partial charge in [-0.2, -0.15) is 0 Å². The summed E-state index contributed by atoms with van der Waals surface area (Å²) in [5, 5.41) is 3.01. The second kappa shape index (κ2) is 3.11. The standard InChI is InChI=1S/C7H15N2O2P/c1-7-5-8-12(10)9(6-7)3-2-4-11-12/h7H,2-6H2,1H3,(H,8,10). The number of hydrogen-bond acceptors (Lipinski definition) is 2. The van der Waals surface area contributed by atoms with Gasteiger partial charge in [-0.15, -0.1) is 0 Å². The maximum Gasteiger partial charge on any atom is 0.343 e. The fraction of sp³-hybridized carbons (Fsp3) is 1.00. The van der Waals surface area contributed by atoms with E-state index in [1.165, 1.54) is 0 Å². The van der Waals surface area contributed by atoms with Crippen LogP contribution in [0.4, 0.5) is 0 Å². The summed E-state index contributed by atoms with van der Waals surface area (Å²) in [5.74, 6) is 0.578. The van der Waals surface area contributed by atoms with E-state index in [0.717, 1.165) is 26.1 Å². The largest absolute Gasteiger partial charge is 0.343 e. The Bertz CT molecular complexity index is 221. The summed E-state index contributed by atoms with van der Waals surface area (Å²) in [4.78, 5) is 0. The Morgan fingerprint density at radius 2 is 2.50 bits per heavy atom. The van der Waals surface area contributed by atoms with Gasteiger partial charge < -0.3 is 4.52 Å². The molecule has 12 heavy (non-hydrogen) atoms. The number of nitrogens with zero attached hydrogens (tertiary/aromatic N) is 1. The maximum atomic E-state index is 12.0. The van der Waals surface area contributed by atoms with Crippen LogP contribution in [0.3, 0.4) is 0 Å². The van der Waals surface area contributed by atoms with E-state index in [2.05, 4.69) is 12.0 Å². The molecule has 2 fully saturated rings. The number of fused-ring (bicyclic) bond motifs is 1. The van der Waals surface area contributed by atoms with Crippen LogP contribution in [0, 0.1) is 5.92 Å². The molecule has 0 aliphatic carbocycles. The lowest BCUT2D eigenvalue weighted by Crippen LogP contribution is -2.44. The molecule has 2 aliphatic heterocycles. The molecular formula is C7H15N2O2P. The molecule has 2 aliphatic rings. The highest BCUT2D eigenvalue weighted by Gasteiger charge is 2.38. The number of hydrogen-bond donors (Lipinski definition) is 1. The van der Waals surface area contributed by atoms with E-state index >= 15 is 0 Å². The van der Waals surface area contributed by atoms with E-state index in [4.69, 9.17) is 4.52 Å².